The van der Waals surface area contributed by atoms with Gasteiger partial charge in [0.15, 0.2) is 5.82 Å². The highest BCUT2D eigenvalue weighted by Gasteiger charge is 2.32. The van der Waals surface area contributed by atoms with Crippen LogP contribution in [-0.4, -0.2) is 22.5 Å². The lowest BCUT2D eigenvalue weighted by atomic mass is 9.95. The minimum atomic E-state index is -0.380. The number of ether oxygens (including phenoxy) is 1. The molecule has 1 saturated heterocycles. The molecule has 122 valence electrons. The van der Waals surface area contributed by atoms with Crippen molar-refractivity contribution in [3.63, 3.8) is 0 Å². The topological polar surface area (TPSA) is 64.1 Å². The van der Waals surface area contributed by atoms with Crippen molar-refractivity contribution in [2.75, 3.05) is 6.61 Å². The zero-order valence-electron chi connectivity index (χ0n) is 13.5. The maximum Gasteiger partial charge on any atom is 0.261 e. The van der Waals surface area contributed by atoms with E-state index in [-0.39, 0.29) is 11.5 Å². The number of nitrogens with one attached hydrogen (secondary N) is 1. The molecule has 5 nitrogen and oxygen atoms in total. The fraction of sp³-hybridized carbons (Fsp3) is 0.471. The summed E-state index contributed by atoms with van der Waals surface area (Å²) < 4.78 is 5.86. The van der Waals surface area contributed by atoms with Crippen molar-refractivity contribution in [2.45, 2.75) is 45.3 Å². The van der Waals surface area contributed by atoms with Crippen LogP contribution in [0, 0.1) is 6.92 Å². The third-order valence-electron chi connectivity index (χ3n) is 4.05. The van der Waals surface area contributed by atoms with Crippen LogP contribution in [0.3, 0.4) is 0 Å². The van der Waals surface area contributed by atoms with Gasteiger partial charge in [-0.25, -0.2) is 9.97 Å². The van der Waals surface area contributed by atoms with Crippen LogP contribution in [0.15, 0.2) is 23.8 Å². The average Bonchev–Trinajstić information content (AvgIpc) is 3.00. The Bertz CT molecular complexity index is 675. The van der Waals surface area contributed by atoms with E-state index in [1.54, 1.807) is 12.4 Å². The number of aryl methyl sites for hydroxylation is 1. The number of carbonyl (C=O) groups excluding carboxylic acids is 1. The summed E-state index contributed by atoms with van der Waals surface area (Å²) in [6.45, 7) is 5.21. The standard InChI is InChI=1S/C17H21N3O2S/c1-12-7-14(23-11-12)15(21)18-8-13-9-19-16(20-10-13)17(2)5-3-4-6-22-17/h7,9-11H,3-6,8H2,1-2H3,(H,18,21)/t17-/m0/s1. The van der Waals surface area contributed by atoms with Gasteiger partial charge in [0.05, 0.1) is 4.88 Å². The van der Waals surface area contributed by atoms with Gasteiger partial charge in [-0.05, 0) is 50.1 Å². The Morgan fingerprint density at radius 1 is 1.39 bits per heavy atom. The minimum Gasteiger partial charge on any atom is -0.367 e. The average molecular weight is 331 g/mol. The molecule has 23 heavy (non-hydrogen) atoms. The van der Waals surface area contributed by atoms with Gasteiger partial charge in [0.1, 0.15) is 5.60 Å². The van der Waals surface area contributed by atoms with Crippen molar-refractivity contribution < 1.29 is 9.53 Å². The van der Waals surface area contributed by atoms with Crippen molar-refractivity contribution in [3.05, 3.63) is 45.7 Å². The summed E-state index contributed by atoms with van der Waals surface area (Å²) in [6, 6.07) is 1.89. The van der Waals surface area contributed by atoms with E-state index in [2.05, 4.69) is 15.3 Å². The summed E-state index contributed by atoms with van der Waals surface area (Å²) in [4.78, 5) is 21.6. The number of carbonyl (C=O) groups is 1. The van der Waals surface area contributed by atoms with Crippen LogP contribution in [0.4, 0.5) is 0 Å². The van der Waals surface area contributed by atoms with Gasteiger partial charge in [-0.1, -0.05) is 0 Å². The number of rotatable bonds is 4. The smallest absolute Gasteiger partial charge is 0.261 e. The summed E-state index contributed by atoms with van der Waals surface area (Å²) in [7, 11) is 0. The molecule has 3 rings (SSSR count). The molecule has 1 atom stereocenters. The number of hydrogen-bond donors (Lipinski definition) is 1. The monoisotopic (exact) mass is 331 g/mol. The molecule has 0 bridgehead atoms. The highest BCUT2D eigenvalue weighted by molar-refractivity contribution is 7.12. The third kappa shape index (κ3) is 3.76. The highest BCUT2D eigenvalue weighted by atomic mass is 32.1. The third-order valence-corrected chi connectivity index (χ3v) is 5.10. The molecule has 6 heteroatoms. The van der Waals surface area contributed by atoms with E-state index in [9.17, 15) is 4.79 Å². The van der Waals surface area contributed by atoms with Crippen molar-refractivity contribution in [1.29, 1.82) is 0 Å². The number of thiophene rings is 1. The molecule has 1 amide bonds. The van der Waals surface area contributed by atoms with Gasteiger partial charge < -0.3 is 10.1 Å². The number of hydrogen-bond acceptors (Lipinski definition) is 5. The van der Waals surface area contributed by atoms with E-state index in [4.69, 9.17) is 4.74 Å². The van der Waals surface area contributed by atoms with Crippen LogP contribution in [0.5, 0.6) is 0 Å². The van der Waals surface area contributed by atoms with Gasteiger partial charge in [0, 0.05) is 31.1 Å². The Morgan fingerprint density at radius 2 is 2.17 bits per heavy atom. The maximum atomic E-state index is 12.0. The zero-order chi connectivity index (χ0) is 16.3. The fourth-order valence-electron chi connectivity index (χ4n) is 2.65. The summed E-state index contributed by atoms with van der Waals surface area (Å²) >= 11 is 1.45. The molecule has 0 aliphatic carbocycles. The second-order valence-electron chi connectivity index (χ2n) is 6.12. The molecule has 0 saturated carbocycles. The Balaban J connectivity index is 1.60. The second kappa shape index (κ2) is 6.76. The van der Waals surface area contributed by atoms with E-state index in [1.165, 1.54) is 11.3 Å². The number of aromatic nitrogens is 2. The lowest BCUT2D eigenvalue weighted by molar-refractivity contribution is -0.0760. The molecule has 0 aromatic carbocycles. The number of amides is 1. The van der Waals surface area contributed by atoms with Gasteiger partial charge in [0.25, 0.3) is 5.91 Å². The Labute approximate surface area is 140 Å². The largest absolute Gasteiger partial charge is 0.367 e. The molecule has 3 heterocycles. The van der Waals surface area contributed by atoms with Gasteiger partial charge >= 0.3 is 0 Å². The Kier molecular flexibility index (Phi) is 4.73. The maximum absolute atomic E-state index is 12.0. The summed E-state index contributed by atoms with van der Waals surface area (Å²) in [5.74, 6) is 0.663. The number of nitrogens with zero attached hydrogens (tertiary/aromatic N) is 2. The normalized spacial score (nSPS) is 21.1. The van der Waals surface area contributed by atoms with Crippen molar-refractivity contribution >= 4 is 17.2 Å². The molecule has 1 N–H and O–H groups in total. The fourth-order valence-corrected chi connectivity index (χ4v) is 3.46. The summed E-state index contributed by atoms with van der Waals surface area (Å²) in [5, 5.41) is 4.87. The quantitative estimate of drug-likeness (QED) is 0.934. The molecule has 0 radical (unpaired) electrons. The SMILES string of the molecule is Cc1csc(C(=O)NCc2cnc([C@]3(C)CCCCO3)nc2)c1. The van der Waals surface area contributed by atoms with Crippen LogP contribution in [0.1, 0.15) is 52.8 Å². The molecule has 1 aliphatic heterocycles. The molecule has 0 unspecified atom stereocenters. The van der Waals surface area contributed by atoms with Crippen LogP contribution in [0.25, 0.3) is 0 Å². The first-order valence-corrected chi connectivity index (χ1v) is 8.73. The molecular formula is C17H21N3O2S. The summed E-state index contributed by atoms with van der Waals surface area (Å²) in [5.41, 5.74) is 1.61. The molecule has 1 aliphatic rings. The Morgan fingerprint density at radius 3 is 2.78 bits per heavy atom. The first-order chi connectivity index (χ1) is 11.1. The first-order valence-electron chi connectivity index (χ1n) is 7.85. The molecular weight excluding hydrogens is 310 g/mol. The van der Waals surface area contributed by atoms with E-state index in [1.807, 2.05) is 25.3 Å². The summed E-state index contributed by atoms with van der Waals surface area (Å²) in [6.07, 6.45) is 6.72. The van der Waals surface area contributed by atoms with Crippen molar-refractivity contribution in [3.8, 4) is 0 Å². The second-order valence-corrected chi connectivity index (χ2v) is 7.03. The molecule has 0 spiro atoms. The lowest BCUT2D eigenvalue weighted by Crippen LogP contribution is -2.32. The first kappa shape index (κ1) is 16.1. The van der Waals surface area contributed by atoms with Crippen LogP contribution in [0.2, 0.25) is 0 Å². The van der Waals surface area contributed by atoms with Crippen molar-refractivity contribution in [1.82, 2.24) is 15.3 Å². The van der Waals surface area contributed by atoms with Gasteiger partial charge in [-0.2, -0.15) is 0 Å². The van der Waals surface area contributed by atoms with Crippen LogP contribution >= 0.6 is 11.3 Å². The van der Waals surface area contributed by atoms with Crippen molar-refractivity contribution in [2.24, 2.45) is 0 Å². The van der Waals surface area contributed by atoms with Gasteiger partial charge in [-0.15, -0.1) is 11.3 Å². The predicted octanol–water partition coefficient (Wildman–Crippen LogP) is 3.19. The van der Waals surface area contributed by atoms with Crippen LogP contribution < -0.4 is 5.32 Å². The zero-order valence-corrected chi connectivity index (χ0v) is 14.3. The Hall–Kier alpha value is -1.79. The van der Waals surface area contributed by atoms with Gasteiger partial charge in [0.2, 0.25) is 0 Å². The minimum absolute atomic E-state index is 0.0604. The van der Waals surface area contributed by atoms with E-state index in [0.29, 0.717) is 6.54 Å². The highest BCUT2D eigenvalue weighted by Crippen LogP contribution is 2.32. The molecule has 2 aromatic rings. The van der Waals surface area contributed by atoms with Crippen LogP contribution in [-0.2, 0) is 16.9 Å². The van der Waals surface area contributed by atoms with E-state index < -0.39 is 0 Å². The molecule has 2 aromatic heterocycles. The predicted molar refractivity (Wildman–Crippen MR) is 89.4 cm³/mol. The van der Waals surface area contributed by atoms with Gasteiger partial charge in [-0.3, -0.25) is 4.79 Å². The molecule has 1 fully saturated rings. The van der Waals surface area contributed by atoms with E-state index >= 15 is 0 Å². The lowest BCUT2D eigenvalue weighted by Gasteiger charge is -2.32. The van der Waals surface area contributed by atoms with E-state index in [0.717, 1.165) is 47.7 Å².